The number of rotatable bonds is 8. The zero-order valence-electron chi connectivity index (χ0n) is 16.5. The normalized spacial score (nSPS) is 10.9. The van der Waals surface area contributed by atoms with Crippen LogP contribution in [-0.2, 0) is 6.61 Å². The van der Waals surface area contributed by atoms with Gasteiger partial charge in [0.25, 0.3) is 0 Å². The average Bonchev–Trinajstić information content (AvgIpc) is 2.73. The molecule has 0 aliphatic heterocycles. The molecule has 148 valence electrons. The number of benzene rings is 3. The molecule has 0 saturated carbocycles. The highest BCUT2D eigenvalue weighted by Gasteiger charge is 2.12. The number of carbonyl (C=O) groups is 1. The Morgan fingerprint density at radius 2 is 1.72 bits per heavy atom. The van der Waals surface area contributed by atoms with E-state index in [1.807, 2.05) is 86.7 Å². The van der Waals surface area contributed by atoms with Gasteiger partial charge in [-0.2, -0.15) is 0 Å². The number of allylic oxidation sites excluding steroid dienone is 1. The SMILES string of the molecule is CCOc1cc(/C=C/C(=O)c2ccc(C)cc2)cc(I)c1OCc1ccccc1. The second-order valence-electron chi connectivity index (χ2n) is 6.60. The van der Waals surface area contributed by atoms with E-state index in [9.17, 15) is 4.79 Å². The van der Waals surface area contributed by atoms with Crippen molar-refractivity contribution < 1.29 is 14.3 Å². The van der Waals surface area contributed by atoms with Crippen LogP contribution in [0.5, 0.6) is 11.5 Å². The number of carbonyl (C=O) groups excluding carboxylic acids is 1. The van der Waals surface area contributed by atoms with Crippen LogP contribution in [0.25, 0.3) is 6.08 Å². The quantitative estimate of drug-likeness (QED) is 0.203. The van der Waals surface area contributed by atoms with Crippen molar-refractivity contribution in [2.75, 3.05) is 6.61 Å². The van der Waals surface area contributed by atoms with Crippen LogP contribution in [0.15, 0.2) is 72.8 Å². The van der Waals surface area contributed by atoms with E-state index in [1.54, 1.807) is 6.08 Å². The standard InChI is InChI=1S/C25H23IO3/c1-3-28-24-16-20(11-14-23(27)21-12-9-18(2)10-13-21)15-22(26)25(24)29-17-19-7-5-4-6-8-19/h4-16H,3,17H2,1-2H3/b14-11+. The third-order valence-electron chi connectivity index (χ3n) is 4.32. The predicted octanol–water partition coefficient (Wildman–Crippen LogP) is 6.47. The lowest BCUT2D eigenvalue weighted by Gasteiger charge is -2.15. The van der Waals surface area contributed by atoms with Gasteiger partial charge in [0.15, 0.2) is 17.3 Å². The molecule has 0 aliphatic rings. The Hall–Kier alpha value is -2.60. The average molecular weight is 498 g/mol. The van der Waals surface area contributed by atoms with Crippen LogP contribution in [0.3, 0.4) is 0 Å². The molecule has 0 atom stereocenters. The van der Waals surface area contributed by atoms with Crippen LogP contribution in [0.1, 0.15) is 34.0 Å². The topological polar surface area (TPSA) is 35.5 Å². The first-order valence-electron chi connectivity index (χ1n) is 9.49. The number of hydrogen-bond donors (Lipinski definition) is 0. The van der Waals surface area contributed by atoms with Gasteiger partial charge < -0.3 is 9.47 Å². The summed E-state index contributed by atoms with van der Waals surface area (Å²) in [5.41, 5.74) is 3.80. The fraction of sp³-hybridized carbons (Fsp3) is 0.160. The summed E-state index contributed by atoms with van der Waals surface area (Å²) in [4.78, 5) is 12.4. The third-order valence-corrected chi connectivity index (χ3v) is 5.12. The summed E-state index contributed by atoms with van der Waals surface area (Å²) in [5, 5.41) is 0. The summed E-state index contributed by atoms with van der Waals surface area (Å²) < 4.78 is 12.8. The molecule has 0 spiro atoms. The number of ether oxygens (including phenoxy) is 2. The summed E-state index contributed by atoms with van der Waals surface area (Å²) >= 11 is 2.24. The van der Waals surface area contributed by atoms with E-state index in [4.69, 9.17) is 9.47 Å². The van der Waals surface area contributed by atoms with Crippen LogP contribution in [0.2, 0.25) is 0 Å². The van der Waals surface area contributed by atoms with Gasteiger partial charge >= 0.3 is 0 Å². The molecule has 0 unspecified atom stereocenters. The Morgan fingerprint density at radius 1 is 1.00 bits per heavy atom. The van der Waals surface area contributed by atoms with Crippen molar-refractivity contribution in [2.45, 2.75) is 20.5 Å². The molecule has 0 fully saturated rings. The second kappa shape index (κ2) is 10.3. The smallest absolute Gasteiger partial charge is 0.185 e. The van der Waals surface area contributed by atoms with Crippen LogP contribution < -0.4 is 9.47 Å². The number of halogens is 1. The Bertz CT molecular complexity index is 993. The highest BCUT2D eigenvalue weighted by atomic mass is 127. The predicted molar refractivity (Wildman–Crippen MR) is 126 cm³/mol. The van der Waals surface area contributed by atoms with E-state index >= 15 is 0 Å². The molecule has 0 radical (unpaired) electrons. The zero-order chi connectivity index (χ0) is 20.6. The van der Waals surface area contributed by atoms with Crippen molar-refractivity contribution in [3.8, 4) is 11.5 Å². The second-order valence-corrected chi connectivity index (χ2v) is 7.76. The van der Waals surface area contributed by atoms with Gasteiger partial charge in [-0.05, 0) is 65.8 Å². The monoisotopic (exact) mass is 498 g/mol. The van der Waals surface area contributed by atoms with E-state index in [2.05, 4.69) is 22.6 Å². The van der Waals surface area contributed by atoms with Gasteiger partial charge in [-0.15, -0.1) is 0 Å². The summed E-state index contributed by atoms with van der Waals surface area (Å²) in [6.45, 7) is 4.95. The number of aryl methyl sites for hydroxylation is 1. The van der Waals surface area contributed by atoms with Gasteiger partial charge in [-0.25, -0.2) is 0 Å². The fourth-order valence-electron chi connectivity index (χ4n) is 2.80. The molecule has 3 aromatic carbocycles. The minimum atomic E-state index is -0.0256. The maximum Gasteiger partial charge on any atom is 0.185 e. The first-order chi connectivity index (χ1) is 14.1. The molecule has 0 bridgehead atoms. The lowest BCUT2D eigenvalue weighted by atomic mass is 10.1. The largest absolute Gasteiger partial charge is 0.490 e. The molecule has 4 heteroatoms. The first-order valence-corrected chi connectivity index (χ1v) is 10.6. The minimum absolute atomic E-state index is 0.0256. The van der Waals surface area contributed by atoms with Crippen LogP contribution in [-0.4, -0.2) is 12.4 Å². The van der Waals surface area contributed by atoms with Gasteiger partial charge in [0.2, 0.25) is 0 Å². The first kappa shape index (κ1) is 21.1. The lowest BCUT2D eigenvalue weighted by Crippen LogP contribution is -2.02. The van der Waals surface area contributed by atoms with Gasteiger partial charge in [-0.3, -0.25) is 4.79 Å². The van der Waals surface area contributed by atoms with Crippen molar-refractivity contribution in [2.24, 2.45) is 0 Å². The molecule has 0 N–H and O–H groups in total. The van der Waals surface area contributed by atoms with Gasteiger partial charge in [0.05, 0.1) is 10.2 Å². The number of ketones is 1. The zero-order valence-corrected chi connectivity index (χ0v) is 18.7. The Balaban J connectivity index is 1.79. The third kappa shape index (κ3) is 5.94. The molecule has 0 amide bonds. The molecular formula is C25H23IO3. The van der Waals surface area contributed by atoms with E-state index < -0.39 is 0 Å². The lowest BCUT2D eigenvalue weighted by molar-refractivity contribution is 0.104. The molecule has 0 saturated heterocycles. The Labute approximate surface area is 185 Å². The molecule has 0 aliphatic carbocycles. The highest BCUT2D eigenvalue weighted by Crippen LogP contribution is 2.35. The van der Waals surface area contributed by atoms with E-state index in [0.717, 1.165) is 26.0 Å². The summed E-state index contributed by atoms with van der Waals surface area (Å²) in [6, 6.07) is 21.5. The van der Waals surface area contributed by atoms with Crippen LogP contribution in [0.4, 0.5) is 0 Å². The maximum absolute atomic E-state index is 12.4. The van der Waals surface area contributed by atoms with Crippen LogP contribution >= 0.6 is 22.6 Å². The molecule has 3 rings (SSSR count). The number of hydrogen-bond acceptors (Lipinski definition) is 3. The van der Waals surface area contributed by atoms with Gasteiger partial charge in [0.1, 0.15) is 6.61 Å². The molecule has 0 aromatic heterocycles. The molecule has 3 nitrogen and oxygen atoms in total. The highest BCUT2D eigenvalue weighted by molar-refractivity contribution is 14.1. The van der Waals surface area contributed by atoms with Crippen molar-refractivity contribution in [3.05, 3.63) is 98.6 Å². The summed E-state index contributed by atoms with van der Waals surface area (Å²) in [5.74, 6) is 1.37. The van der Waals surface area contributed by atoms with E-state index in [-0.39, 0.29) is 5.78 Å². The minimum Gasteiger partial charge on any atom is -0.490 e. The van der Waals surface area contributed by atoms with Gasteiger partial charge in [-0.1, -0.05) is 66.2 Å². The summed E-state index contributed by atoms with van der Waals surface area (Å²) in [6.07, 6.45) is 3.41. The summed E-state index contributed by atoms with van der Waals surface area (Å²) in [7, 11) is 0. The van der Waals surface area contributed by atoms with Crippen molar-refractivity contribution >= 4 is 34.5 Å². The molecule has 3 aromatic rings. The molecule has 0 heterocycles. The Kier molecular flexibility index (Phi) is 7.47. The van der Waals surface area contributed by atoms with Crippen LogP contribution in [0, 0.1) is 10.5 Å². The fourth-order valence-corrected chi connectivity index (χ4v) is 3.58. The van der Waals surface area contributed by atoms with Crippen molar-refractivity contribution in [3.63, 3.8) is 0 Å². The van der Waals surface area contributed by atoms with Gasteiger partial charge in [0, 0.05) is 5.56 Å². The van der Waals surface area contributed by atoms with Crippen molar-refractivity contribution in [1.82, 2.24) is 0 Å². The van der Waals surface area contributed by atoms with E-state index in [0.29, 0.717) is 24.5 Å². The van der Waals surface area contributed by atoms with Crippen molar-refractivity contribution in [1.29, 1.82) is 0 Å². The molecule has 29 heavy (non-hydrogen) atoms. The van der Waals surface area contributed by atoms with E-state index in [1.165, 1.54) is 0 Å². The Morgan fingerprint density at radius 3 is 2.41 bits per heavy atom. The maximum atomic E-state index is 12.4. The molecular weight excluding hydrogens is 475 g/mol.